The summed E-state index contributed by atoms with van der Waals surface area (Å²) in [6, 6.07) is 14.2. The molecule has 1 aromatic heterocycles. The van der Waals surface area contributed by atoms with Crippen molar-refractivity contribution in [2.24, 2.45) is 12.0 Å². The fourth-order valence-electron chi connectivity index (χ4n) is 2.81. The maximum atomic E-state index is 12.3. The minimum absolute atomic E-state index is 0.133. The van der Waals surface area contributed by atoms with Crippen molar-refractivity contribution in [3.05, 3.63) is 58.9 Å². The van der Waals surface area contributed by atoms with Crippen molar-refractivity contribution in [1.82, 2.24) is 4.57 Å². The number of para-hydroxylation sites is 1. The second-order valence-electron chi connectivity index (χ2n) is 5.95. The van der Waals surface area contributed by atoms with Gasteiger partial charge in [-0.3, -0.25) is 4.79 Å². The van der Waals surface area contributed by atoms with Crippen LogP contribution < -0.4 is 4.80 Å². The zero-order valence-corrected chi connectivity index (χ0v) is 16.3. The first kappa shape index (κ1) is 18.5. The van der Waals surface area contributed by atoms with Crippen LogP contribution in [0.5, 0.6) is 0 Å². The van der Waals surface area contributed by atoms with E-state index in [-0.39, 0.29) is 17.1 Å². The zero-order chi connectivity index (χ0) is 18.7. The SMILES string of the molecule is CCc1cccc2sc(=NC(=O)CCS(=O)(=O)c3ccccc3)n(C)c12. The molecule has 0 aliphatic carbocycles. The Morgan fingerprint density at radius 1 is 1.12 bits per heavy atom. The van der Waals surface area contributed by atoms with Gasteiger partial charge in [-0.15, -0.1) is 0 Å². The highest BCUT2D eigenvalue weighted by atomic mass is 32.2. The Balaban J connectivity index is 1.84. The number of hydrogen-bond acceptors (Lipinski definition) is 4. The first-order chi connectivity index (χ1) is 12.4. The summed E-state index contributed by atoms with van der Waals surface area (Å²) in [4.78, 5) is 17.2. The predicted octanol–water partition coefficient (Wildman–Crippen LogP) is 3.09. The third-order valence-electron chi connectivity index (χ3n) is 4.19. The second-order valence-corrected chi connectivity index (χ2v) is 9.07. The van der Waals surface area contributed by atoms with Gasteiger partial charge in [0, 0.05) is 13.5 Å². The molecule has 2 aromatic carbocycles. The first-order valence-corrected chi connectivity index (χ1v) is 10.8. The van der Waals surface area contributed by atoms with Crippen LogP contribution in [0.4, 0.5) is 0 Å². The summed E-state index contributed by atoms with van der Waals surface area (Å²) >= 11 is 1.44. The molecule has 5 nitrogen and oxygen atoms in total. The van der Waals surface area contributed by atoms with Crippen LogP contribution in [0, 0.1) is 0 Å². The van der Waals surface area contributed by atoms with Crippen molar-refractivity contribution in [3.8, 4) is 0 Å². The number of carbonyl (C=O) groups excluding carboxylic acids is 1. The van der Waals surface area contributed by atoms with E-state index >= 15 is 0 Å². The number of nitrogens with zero attached hydrogens (tertiary/aromatic N) is 2. The number of rotatable bonds is 5. The van der Waals surface area contributed by atoms with Gasteiger partial charge < -0.3 is 4.57 Å². The molecule has 0 saturated heterocycles. The molecular formula is C19H20N2O3S2. The largest absolute Gasteiger partial charge is 0.319 e. The third kappa shape index (κ3) is 3.78. The Morgan fingerprint density at radius 2 is 1.85 bits per heavy atom. The number of hydrogen-bond donors (Lipinski definition) is 0. The van der Waals surface area contributed by atoms with Crippen LogP contribution >= 0.6 is 11.3 Å². The van der Waals surface area contributed by atoms with Gasteiger partial charge in [0.1, 0.15) is 0 Å². The molecule has 0 spiro atoms. The molecule has 136 valence electrons. The van der Waals surface area contributed by atoms with Crippen molar-refractivity contribution in [2.45, 2.75) is 24.7 Å². The Labute approximate surface area is 156 Å². The molecule has 26 heavy (non-hydrogen) atoms. The molecule has 0 aliphatic heterocycles. The smallest absolute Gasteiger partial charge is 0.249 e. The van der Waals surface area contributed by atoms with Gasteiger partial charge in [0.2, 0.25) is 5.91 Å². The molecule has 0 atom stereocenters. The summed E-state index contributed by atoms with van der Waals surface area (Å²) in [6.07, 6.45) is 0.761. The van der Waals surface area contributed by atoms with E-state index in [1.54, 1.807) is 18.2 Å². The van der Waals surface area contributed by atoms with Gasteiger partial charge in [-0.2, -0.15) is 4.99 Å². The lowest BCUT2D eigenvalue weighted by atomic mass is 10.1. The average Bonchev–Trinajstić information content (AvgIpc) is 2.96. The normalized spacial score (nSPS) is 12.6. The van der Waals surface area contributed by atoms with Gasteiger partial charge in [0.05, 0.1) is 20.9 Å². The Hall–Kier alpha value is -2.25. The highest BCUT2D eigenvalue weighted by Gasteiger charge is 2.16. The van der Waals surface area contributed by atoms with Gasteiger partial charge >= 0.3 is 0 Å². The predicted molar refractivity (Wildman–Crippen MR) is 104 cm³/mol. The van der Waals surface area contributed by atoms with Crippen molar-refractivity contribution < 1.29 is 13.2 Å². The van der Waals surface area contributed by atoms with Crippen LogP contribution in [0.25, 0.3) is 10.2 Å². The number of aromatic nitrogens is 1. The maximum absolute atomic E-state index is 12.3. The number of amides is 1. The molecule has 3 aromatic rings. The molecule has 0 saturated carbocycles. The molecule has 0 fully saturated rings. The zero-order valence-electron chi connectivity index (χ0n) is 14.7. The molecule has 0 radical (unpaired) electrons. The van der Waals surface area contributed by atoms with E-state index in [0.29, 0.717) is 4.80 Å². The van der Waals surface area contributed by atoms with Crippen LogP contribution in [-0.4, -0.2) is 24.6 Å². The fraction of sp³-hybridized carbons (Fsp3) is 0.263. The molecular weight excluding hydrogens is 368 g/mol. The van der Waals surface area contributed by atoms with Crippen LogP contribution in [0.15, 0.2) is 58.4 Å². The maximum Gasteiger partial charge on any atom is 0.249 e. The number of fused-ring (bicyclic) bond motifs is 1. The van der Waals surface area contributed by atoms with Crippen molar-refractivity contribution >= 4 is 37.3 Å². The topological polar surface area (TPSA) is 68.5 Å². The lowest BCUT2D eigenvalue weighted by Gasteiger charge is -2.03. The van der Waals surface area contributed by atoms with Gasteiger partial charge in [-0.05, 0) is 30.2 Å². The van der Waals surface area contributed by atoms with Crippen molar-refractivity contribution in [2.75, 3.05) is 5.75 Å². The van der Waals surface area contributed by atoms with Crippen molar-refractivity contribution in [1.29, 1.82) is 0 Å². The minimum atomic E-state index is -3.48. The van der Waals surface area contributed by atoms with Gasteiger partial charge in [-0.1, -0.05) is 48.6 Å². The van der Waals surface area contributed by atoms with Crippen molar-refractivity contribution in [3.63, 3.8) is 0 Å². The minimum Gasteiger partial charge on any atom is -0.319 e. The van der Waals surface area contributed by atoms with E-state index in [2.05, 4.69) is 18.0 Å². The lowest BCUT2D eigenvalue weighted by Crippen LogP contribution is -2.16. The van der Waals surface area contributed by atoms with Gasteiger partial charge in [0.25, 0.3) is 0 Å². The molecule has 1 amide bonds. The second kappa shape index (κ2) is 7.55. The van der Waals surface area contributed by atoms with Gasteiger partial charge in [-0.25, -0.2) is 8.42 Å². The standard InChI is InChI=1S/C19H20N2O3S2/c1-3-14-8-7-11-16-18(14)21(2)19(25-16)20-17(22)12-13-26(23,24)15-9-5-4-6-10-15/h4-11H,3,12-13H2,1-2H3. The fourth-order valence-corrected chi connectivity index (χ4v) is 5.14. The summed E-state index contributed by atoms with van der Waals surface area (Å²) in [5, 5.41) is 0. The monoisotopic (exact) mass is 388 g/mol. The van der Waals surface area contributed by atoms with Crippen LogP contribution in [0.3, 0.4) is 0 Å². The molecule has 3 rings (SSSR count). The molecule has 1 heterocycles. The van der Waals surface area contributed by atoms with E-state index in [0.717, 1.165) is 16.6 Å². The van der Waals surface area contributed by atoms with E-state index in [1.807, 2.05) is 23.7 Å². The third-order valence-corrected chi connectivity index (χ3v) is 7.02. The molecule has 7 heteroatoms. The van der Waals surface area contributed by atoms with Gasteiger partial charge in [0.15, 0.2) is 14.6 Å². The summed E-state index contributed by atoms with van der Waals surface area (Å²) in [7, 11) is -1.60. The number of thiazole rings is 1. The summed E-state index contributed by atoms with van der Waals surface area (Å²) < 4.78 is 27.5. The molecule has 0 aliphatic rings. The first-order valence-electron chi connectivity index (χ1n) is 8.35. The highest BCUT2D eigenvalue weighted by molar-refractivity contribution is 7.91. The number of aryl methyl sites for hydroxylation is 2. The lowest BCUT2D eigenvalue weighted by molar-refractivity contribution is -0.117. The van der Waals surface area contributed by atoms with Crippen LogP contribution in [-0.2, 0) is 28.1 Å². The summed E-state index contributed by atoms with van der Waals surface area (Å²) in [6.45, 7) is 2.09. The van der Waals surface area contributed by atoms with E-state index < -0.39 is 15.7 Å². The van der Waals surface area contributed by atoms with Crippen LogP contribution in [0.2, 0.25) is 0 Å². The van der Waals surface area contributed by atoms with E-state index in [9.17, 15) is 13.2 Å². The van der Waals surface area contributed by atoms with E-state index in [1.165, 1.54) is 29.0 Å². The summed E-state index contributed by atoms with van der Waals surface area (Å²) in [5.41, 5.74) is 2.27. The number of carbonyl (C=O) groups is 1. The summed E-state index contributed by atoms with van der Waals surface area (Å²) in [5.74, 6) is -0.668. The van der Waals surface area contributed by atoms with E-state index in [4.69, 9.17) is 0 Å². The average molecular weight is 389 g/mol. The highest BCUT2D eigenvalue weighted by Crippen LogP contribution is 2.21. The Morgan fingerprint density at radius 3 is 2.54 bits per heavy atom. The number of benzene rings is 2. The quantitative estimate of drug-likeness (QED) is 0.674. The van der Waals surface area contributed by atoms with Crippen LogP contribution in [0.1, 0.15) is 18.9 Å². The molecule has 0 unspecified atom stereocenters. The Bertz CT molecular complexity index is 1110. The molecule has 0 bridgehead atoms. The Kier molecular flexibility index (Phi) is 5.38. The number of sulfone groups is 1. The molecule has 0 N–H and O–H groups in total.